The van der Waals surface area contributed by atoms with E-state index in [2.05, 4.69) is 75.5 Å². The Morgan fingerprint density at radius 3 is 2.60 bits per heavy atom. The molecule has 35 heavy (non-hydrogen) atoms. The van der Waals surface area contributed by atoms with Gasteiger partial charge in [0.1, 0.15) is 11.0 Å². The average Bonchev–Trinajstić information content (AvgIpc) is 3.47. The van der Waals surface area contributed by atoms with E-state index in [4.69, 9.17) is 9.97 Å². The fraction of sp³-hybridized carbons (Fsp3) is 0.148. The van der Waals surface area contributed by atoms with Crippen molar-refractivity contribution in [1.82, 2.24) is 35.1 Å². The predicted molar refractivity (Wildman–Crippen MR) is 139 cm³/mol. The summed E-state index contributed by atoms with van der Waals surface area (Å²) in [6.07, 6.45) is 5.44. The van der Waals surface area contributed by atoms with Gasteiger partial charge in [-0.1, -0.05) is 23.8 Å². The van der Waals surface area contributed by atoms with Crippen LogP contribution in [0.2, 0.25) is 0 Å². The number of fused-ring (bicyclic) bond motifs is 2. The van der Waals surface area contributed by atoms with Gasteiger partial charge in [-0.25, -0.2) is 9.97 Å². The van der Waals surface area contributed by atoms with Gasteiger partial charge in [0, 0.05) is 35.8 Å². The molecule has 0 atom stereocenters. The van der Waals surface area contributed by atoms with E-state index in [1.165, 1.54) is 5.56 Å². The van der Waals surface area contributed by atoms with Gasteiger partial charge in [0.2, 0.25) is 0 Å². The van der Waals surface area contributed by atoms with Crippen molar-refractivity contribution in [2.24, 2.45) is 0 Å². The first kappa shape index (κ1) is 21.0. The molecule has 0 amide bonds. The number of anilines is 1. The van der Waals surface area contributed by atoms with E-state index in [9.17, 15) is 0 Å². The predicted octanol–water partition coefficient (Wildman–Crippen LogP) is 5.75. The quantitative estimate of drug-likeness (QED) is 0.302. The zero-order chi connectivity index (χ0) is 23.9. The molecule has 0 fully saturated rings. The second kappa shape index (κ2) is 8.32. The lowest BCUT2D eigenvalue weighted by molar-refractivity contribution is 0.898. The summed E-state index contributed by atoms with van der Waals surface area (Å²) in [6, 6.07) is 16.5. The number of hydrogen-bond acceptors (Lipinski definition) is 6. The lowest BCUT2D eigenvalue weighted by atomic mass is 10.1. The molecule has 0 unspecified atom stereocenters. The van der Waals surface area contributed by atoms with Gasteiger partial charge >= 0.3 is 0 Å². The summed E-state index contributed by atoms with van der Waals surface area (Å²) in [4.78, 5) is 22.2. The Hall–Kier alpha value is -4.59. The van der Waals surface area contributed by atoms with Crippen LogP contribution in [0.5, 0.6) is 0 Å². The summed E-state index contributed by atoms with van der Waals surface area (Å²) < 4.78 is 0. The molecule has 0 saturated heterocycles. The number of H-pyrrole nitrogens is 2. The Bertz CT molecular complexity index is 1680. The molecular formula is C27H24N8. The fourth-order valence-electron chi connectivity index (χ4n) is 4.27. The van der Waals surface area contributed by atoms with Gasteiger partial charge in [-0.05, 0) is 51.1 Å². The summed E-state index contributed by atoms with van der Waals surface area (Å²) in [7, 11) is 0. The van der Waals surface area contributed by atoms with Crippen molar-refractivity contribution in [3.05, 3.63) is 72.7 Å². The number of pyridine rings is 3. The summed E-state index contributed by atoms with van der Waals surface area (Å²) >= 11 is 0. The van der Waals surface area contributed by atoms with Gasteiger partial charge in [-0.2, -0.15) is 5.10 Å². The van der Waals surface area contributed by atoms with Crippen LogP contribution < -0.4 is 5.32 Å². The standard InChI is InChI=1S/C27H24N8/c1-15(2)30-19-12-18(13-28-14-19)20-7-8-22-25(31-20)26(35-34-22)27-32-21-9-10-29-23(24(21)33-27)17-6-4-5-16(3)11-17/h4-15,30H,1-3H3,(H,32,33)(H,34,35). The van der Waals surface area contributed by atoms with E-state index in [1.54, 1.807) is 6.20 Å². The number of aromatic nitrogens is 7. The van der Waals surface area contributed by atoms with Gasteiger partial charge in [0.05, 0.1) is 28.1 Å². The molecule has 0 saturated carbocycles. The van der Waals surface area contributed by atoms with E-state index >= 15 is 0 Å². The first-order valence-electron chi connectivity index (χ1n) is 11.5. The first-order chi connectivity index (χ1) is 17.0. The molecule has 0 radical (unpaired) electrons. The van der Waals surface area contributed by atoms with E-state index in [1.807, 2.05) is 36.7 Å². The topological polar surface area (TPSA) is 108 Å². The number of imidazole rings is 1. The van der Waals surface area contributed by atoms with Crippen molar-refractivity contribution in [2.75, 3.05) is 5.32 Å². The van der Waals surface area contributed by atoms with Gasteiger partial charge < -0.3 is 10.3 Å². The van der Waals surface area contributed by atoms with Crippen molar-refractivity contribution >= 4 is 27.8 Å². The molecule has 6 rings (SSSR count). The molecule has 0 aliphatic heterocycles. The van der Waals surface area contributed by atoms with Crippen molar-refractivity contribution in [3.63, 3.8) is 0 Å². The molecule has 1 aromatic carbocycles. The molecule has 8 nitrogen and oxygen atoms in total. The minimum atomic E-state index is 0.315. The summed E-state index contributed by atoms with van der Waals surface area (Å²) in [5.74, 6) is 0.645. The Labute approximate surface area is 201 Å². The molecule has 0 bridgehead atoms. The number of benzene rings is 1. The molecule has 5 aromatic heterocycles. The molecule has 0 aliphatic rings. The van der Waals surface area contributed by atoms with Crippen LogP contribution in [0.1, 0.15) is 19.4 Å². The van der Waals surface area contributed by atoms with Gasteiger partial charge in [0.15, 0.2) is 11.5 Å². The lowest BCUT2D eigenvalue weighted by Gasteiger charge is -2.10. The summed E-state index contributed by atoms with van der Waals surface area (Å²) in [5.41, 5.74) is 9.70. The SMILES string of the molecule is Cc1cccc(-c2nccc3[nH]c(-c4n[nH]c5ccc(-c6cncc(NC(C)C)c6)nc45)nc23)c1. The normalized spacial score (nSPS) is 11.5. The lowest BCUT2D eigenvalue weighted by Crippen LogP contribution is -2.09. The van der Waals surface area contributed by atoms with Crippen molar-refractivity contribution < 1.29 is 0 Å². The number of rotatable bonds is 5. The van der Waals surface area contributed by atoms with Crippen LogP contribution in [0.25, 0.3) is 56.1 Å². The Balaban J connectivity index is 1.45. The number of aryl methyl sites for hydroxylation is 1. The van der Waals surface area contributed by atoms with E-state index in [-0.39, 0.29) is 0 Å². The molecule has 0 aliphatic carbocycles. The van der Waals surface area contributed by atoms with Gasteiger partial charge in [0.25, 0.3) is 0 Å². The van der Waals surface area contributed by atoms with Gasteiger partial charge in [-0.3, -0.25) is 15.1 Å². The largest absolute Gasteiger partial charge is 0.382 e. The third-order valence-corrected chi connectivity index (χ3v) is 5.81. The van der Waals surface area contributed by atoms with E-state index in [0.29, 0.717) is 17.6 Å². The number of aromatic amines is 2. The average molecular weight is 461 g/mol. The Morgan fingerprint density at radius 2 is 1.74 bits per heavy atom. The summed E-state index contributed by atoms with van der Waals surface area (Å²) in [6.45, 7) is 6.27. The smallest absolute Gasteiger partial charge is 0.161 e. The monoisotopic (exact) mass is 460 g/mol. The molecule has 5 heterocycles. The summed E-state index contributed by atoms with van der Waals surface area (Å²) in [5, 5.41) is 11.0. The Morgan fingerprint density at radius 1 is 0.857 bits per heavy atom. The highest BCUT2D eigenvalue weighted by Crippen LogP contribution is 2.31. The van der Waals surface area contributed by atoms with Crippen LogP contribution >= 0.6 is 0 Å². The third kappa shape index (κ3) is 3.89. The minimum Gasteiger partial charge on any atom is -0.382 e. The number of hydrogen-bond donors (Lipinski definition) is 3. The maximum Gasteiger partial charge on any atom is 0.161 e. The van der Waals surface area contributed by atoms with Crippen LogP contribution in [-0.4, -0.2) is 41.2 Å². The fourth-order valence-corrected chi connectivity index (χ4v) is 4.27. The van der Waals surface area contributed by atoms with Gasteiger partial charge in [-0.15, -0.1) is 0 Å². The molecule has 3 N–H and O–H groups in total. The number of nitrogens with zero attached hydrogens (tertiary/aromatic N) is 5. The van der Waals surface area contributed by atoms with Crippen LogP contribution in [0, 0.1) is 6.92 Å². The van der Waals surface area contributed by atoms with Crippen molar-refractivity contribution in [1.29, 1.82) is 0 Å². The third-order valence-electron chi connectivity index (χ3n) is 5.81. The molecule has 8 heteroatoms. The second-order valence-electron chi connectivity index (χ2n) is 8.94. The maximum atomic E-state index is 4.93. The highest BCUT2D eigenvalue weighted by atomic mass is 15.2. The van der Waals surface area contributed by atoms with Crippen LogP contribution in [0.4, 0.5) is 5.69 Å². The van der Waals surface area contributed by atoms with Crippen LogP contribution in [-0.2, 0) is 0 Å². The Kier molecular flexibility index (Phi) is 4.99. The van der Waals surface area contributed by atoms with Crippen molar-refractivity contribution in [2.45, 2.75) is 26.8 Å². The second-order valence-corrected chi connectivity index (χ2v) is 8.94. The maximum absolute atomic E-state index is 4.93. The zero-order valence-corrected chi connectivity index (χ0v) is 19.7. The molecule has 6 aromatic rings. The zero-order valence-electron chi connectivity index (χ0n) is 19.7. The molecule has 0 spiro atoms. The van der Waals surface area contributed by atoms with Crippen LogP contribution in [0.15, 0.2) is 67.1 Å². The van der Waals surface area contributed by atoms with E-state index in [0.717, 1.165) is 50.3 Å². The van der Waals surface area contributed by atoms with Crippen molar-refractivity contribution in [3.8, 4) is 34.0 Å². The first-order valence-corrected chi connectivity index (χ1v) is 11.5. The molecule has 172 valence electrons. The number of nitrogens with one attached hydrogen (secondary N) is 3. The molecular weight excluding hydrogens is 436 g/mol. The highest BCUT2D eigenvalue weighted by molar-refractivity contribution is 5.95. The highest BCUT2D eigenvalue weighted by Gasteiger charge is 2.17. The minimum absolute atomic E-state index is 0.315. The van der Waals surface area contributed by atoms with Crippen LogP contribution in [0.3, 0.4) is 0 Å². The van der Waals surface area contributed by atoms with E-state index < -0.39 is 0 Å².